The third-order valence-electron chi connectivity index (χ3n) is 16.4. The summed E-state index contributed by atoms with van der Waals surface area (Å²) in [5.41, 5.74) is 4.06. The number of carbonyl (C=O) groups is 12. The van der Waals surface area contributed by atoms with E-state index < -0.39 is 72.0 Å². The first-order valence-corrected chi connectivity index (χ1v) is 30.7. The van der Waals surface area contributed by atoms with Gasteiger partial charge in [0.2, 0.25) is 0 Å². The zero-order chi connectivity index (χ0) is 70.2. The first-order chi connectivity index (χ1) is 46.0. The quantitative estimate of drug-likeness (QED) is 0.0412. The van der Waals surface area contributed by atoms with Crippen molar-refractivity contribution in [2.75, 3.05) is 74.6 Å². The smallest absolute Gasteiger partial charge is 0.338 e. The van der Waals surface area contributed by atoms with E-state index >= 15 is 0 Å². The highest BCUT2D eigenvalue weighted by Crippen LogP contribution is 2.36. The fraction of sp³-hybridized carbons (Fsp3) is 0.364. The predicted molar refractivity (Wildman–Crippen MR) is 352 cm³/mol. The maximum absolute atomic E-state index is 14.6. The van der Waals surface area contributed by atoms with Gasteiger partial charge in [0.1, 0.15) is 0 Å². The lowest BCUT2D eigenvalue weighted by Crippen LogP contribution is -2.35. The number of anilines is 6. The molecule has 0 radical (unpaired) electrons. The van der Waals surface area contributed by atoms with Crippen molar-refractivity contribution in [3.05, 3.63) is 137 Å². The summed E-state index contributed by atoms with van der Waals surface area (Å²) in [6.45, 7) is 9.63. The van der Waals surface area contributed by atoms with Crippen LogP contribution in [-0.2, 0) is 106 Å². The van der Waals surface area contributed by atoms with E-state index in [0.717, 1.165) is 79.1 Å². The second-order valence-corrected chi connectivity index (χ2v) is 21.5. The number of amides is 12. The van der Waals surface area contributed by atoms with Crippen LogP contribution in [0.2, 0.25) is 0 Å². The number of esters is 6. The molecule has 8 rings (SSSR count). The van der Waals surface area contributed by atoms with Gasteiger partial charge in [-0.2, -0.15) is 0 Å². The van der Waals surface area contributed by atoms with Gasteiger partial charge >= 0.3 is 72.0 Å². The summed E-state index contributed by atoms with van der Waals surface area (Å²) in [5.74, 6) is -5.92. The predicted octanol–water partition coefficient (Wildman–Crippen LogP) is 8.34. The number of rotatable bonds is 12. The van der Waals surface area contributed by atoms with Crippen molar-refractivity contribution in [1.82, 2.24) is 31.9 Å². The van der Waals surface area contributed by atoms with Gasteiger partial charge in [0.05, 0.1) is 110 Å². The number of carbonyl (C=O) groups excluding carboxylic acids is 12. The standard InChI is InChI=1S/C66H78N12O18/c1-13-31-43-25-67-61(85)73-49-19-37(55(79)91-7)39(57(81)93-9)21-51(49)76-64(88)70-28-46-34(16-4)47-29-71-65(89)77-52-22-40(58(82)94-10)38(56(80)92-8)20-50(52)74-62(86)68-26-44(31)33(15-3)45(32(43)14-2)27-69-63(87)75-53-23-41(59(83)95-11)42(60(84)96-12)24-54(53)78-66(90)72-30-48(35(46)17-5)36(47)18-6/h19-24H,13-18,25-30H2,1-12H3,(H2,67,73,85)(H2,68,74,86)(H2,69,75,87)(H2,70,76,88)(H2,71,77,89)(H2,72,78,90). The fourth-order valence-corrected chi connectivity index (χ4v) is 12.1. The fourth-order valence-electron chi connectivity index (χ4n) is 12.1. The van der Waals surface area contributed by atoms with Crippen LogP contribution in [0.25, 0.3) is 0 Å². The second kappa shape index (κ2) is 32.4. The van der Waals surface area contributed by atoms with Crippen molar-refractivity contribution in [1.29, 1.82) is 0 Å². The Kier molecular flexibility index (Phi) is 24.3. The summed E-state index contributed by atoms with van der Waals surface area (Å²) >= 11 is 0. The Hall–Kier alpha value is -11.5. The molecule has 3 aliphatic rings. The zero-order valence-electron chi connectivity index (χ0n) is 55.3. The van der Waals surface area contributed by atoms with E-state index in [9.17, 15) is 57.5 Å². The summed E-state index contributed by atoms with van der Waals surface area (Å²) in [5, 5.41) is 33.6. The van der Waals surface area contributed by atoms with Crippen LogP contribution in [0.3, 0.4) is 0 Å². The molecule has 0 saturated carbocycles. The van der Waals surface area contributed by atoms with E-state index in [1.54, 1.807) is 0 Å². The van der Waals surface area contributed by atoms with Gasteiger partial charge in [0.15, 0.2) is 0 Å². The molecule has 5 aromatic rings. The number of hydrogen-bond acceptors (Lipinski definition) is 18. The van der Waals surface area contributed by atoms with E-state index in [2.05, 4.69) is 63.8 Å². The Labute approximate surface area is 552 Å². The third-order valence-corrected chi connectivity index (χ3v) is 16.4. The average molecular weight is 1330 g/mol. The molecule has 0 spiro atoms. The minimum atomic E-state index is -0.987. The molecule has 510 valence electrons. The highest BCUT2D eigenvalue weighted by atomic mass is 16.5. The number of fused-ring (bicyclic) bond motifs is 18. The molecule has 0 fully saturated rings. The van der Waals surface area contributed by atoms with Gasteiger partial charge in [0, 0.05) is 39.3 Å². The van der Waals surface area contributed by atoms with Crippen molar-refractivity contribution in [3.63, 3.8) is 0 Å². The summed E-state index contributed by atoms with van der Waals surface area (Å²) < 4.78 is 30.2. The van der Waals surface area contributed by atoms with Gasteiger partial charge in [-0.15, -0.1) is 0 Å². The van der Waals surface area contributed by atoms with E-state index in [4.69, 9.17) is 28.4 Å². The number of hydrogen-bond donors (Lipinski definition) is 12. The van der Waals surface area contributed by atoms with Crippen molar-refractivity contribution in [2.24, 2.45) is 0 Å². The van der Waals surface area contributed by atoms with Crippen LogP contribution in [0.5, 0.6) is 0 Å². The number of benzene rings is 5. The molecule has 6 bridgehead atoms. The lowest BCUT2D eigenvalue weighted by Gasteiger charge is -2.27. The van der Waals surface area contributed by atoms with Crippen LogP contribution in [-0.4, -0.2) is 115 Å². The Morgan fingerprint density at radius 3 is 0.490 bits per heavy atom. The van der Waals surface area contributed by atoms with E-state index in [1.807, 2.05) is 41.5 Å². The Bertz CT molecular complexity index is 3310. The van der Waals surface area contributed by atoms with Crippen molar-refractivity contribution >= 4 is 106 Å². The molecule has 3 heterocycles. The lowest BCUT2D eigenvalue weighted by atomic mass is 9.83. The lowest BCUT2D eigenvalue weighted by molar-refractivity contribution is 0.0555. The molecule has 12 amide bonds. The number of urea groups is 6. The molecule has 0 unspecified atom stereocenters. The Balaban J connectivity index is 1.56. The van der Waals surface area contributed by atoms with Crippen LogP contribution in [0, 0.1) is 0 Å². The minimum Gasteiger partial charge on any atom is -0.465 e. The number of methoxy groups -OCH3 is 6. The minimum absolute atomic E-state index is 0.171. The highest BCUT2D eigenvalue weighted by molar-refractivity contribution is 6.11. The first kappa shape index (κ1) is 72.0. The van der Waals surface area contributed by atoms with E-state index in [1.165, 1.54) is 0 Å². The van der Waals surface area contributed by atoms with Crippen LogP contribution in [0.15, 0.2) is 36.4 Å². The monoisotopic (exact) mass is 1330 g/mol. The normalized spacial score (nSPS) is 13.8. The molecule has 3 aliphatic heterocycles. The van der Waals surface area contributed by atoms with Crippen molar-refractivity contribution in [2.45, 2.75) is 119 Å². The number of nitrogens with one attached hydrogen (secondary N) is 12. The maximum atomic E-state index is 14.6. The molecule has 0 atom stereocenters. The molecule has 96 heavy (non-hydrogen) atoms. The van der Waals surface area contributed by atoms with Crippen LogP contribution >= 0.6 is 0 Å². The molecule has 12 N–H and O–H groups in total. The highest BCUT2D eigenvalue weighted by Gasteiger charge is 2.31. The molecule has 30 heteroatoms. The average Bonchev–Trinajstić information content (AvgIpc) is 0.764. The maximum Gasteiger partial charge on any atom is 0.338 e. The topological polar surface area (TPSA) is 405 Å². The van der Waals surface area contributed by atoms with Gasteiger partial charge in [0.25, 0.3) is 0 Å². The van der Waals surface area contributed by atoms with Gasteiger partial charge in [-0.05, 0) is 142 Å². The van der Waals surface area contributed by atoms with Crippen LogP contribution in [0.1, 0.15) is 170 Å². The van der Waals surface area contributed by atoms with Crippen molar-refractivity contribution < 1.29 is 86.0 Å². The molecule has 5 aromatic carbocycles. The molecule has 0 saturated heterocycles. The molecule has 0 aromatic heterocycles. The number of ether oxygens (including phenoxy) is 6. The second-order valence-electron chi connectivity index (χ2n) is 21.5. The van der Waals surface area contributed by atoms with E-state index in [-0.39, 0.29) is 145 Å². The van der Waals surface area contributed by atoms with Gasteiger partial charge in [-0.25, -0.2) is 57.5 Å². The summed E-state index contributed by atoms with van der Waals surface area (Å²) in [4.78, 5) is 168. The van der Waals surface area contributed by atoms with Gasteiger partial charge in [-0.3, -0.25) is 0 Å². The van der Waals surface area contributed by atoms with Gasteiger partial charge in [-0.1, -0.05) is 41.5 Å². The Morgan fingerprint density at radius 2 is 0.385 bits per heavy atom. The zero-order valence-corrected chi connectivity index (χ0v) is 55.3. The SMILES string of the molecule is CCc1c2c(CC)c3c(CC)c1CNC(=O)Nc1cc(C(=O)OC)c(C(=O)OC)cc1NC(=O)NCc1c(CC)c(c(CC)c(c1CC)CNC(=O)Nc1cc(C(=O)OC)c(C(=O)OC)cc1NC(=O)NC3)CNC(=O)Nc1cc(C(=O)OC)c(C(=O)OC)cc1NC(=O)NC2. The molecule has 30 nitrogen and oxygen atoms in total. The van der Waals surface area contributed by atoms with Gasteiger partial charge < -0.3 is 92.2 Å². The molecular weight excluding hydrogens is 1250 g/mol. The molecule has 0 aliphatic carbocycles. The third kappa shape index (κ3) is 15.8. The first-order valence-electron chi connectivity index (χ1n) is 30.7. The molecular formula is C66H78N12O18. The van der Waals surface area contributed by atoms with Crippen LogP contribution in [0.4, 0.5) is 62.9 Å². The van der Waals surface area contributed by atoms with E-state index in [0.29, 0.717) is 66.8 Å². The summed E-state index contributed by atoms with van der Waals surface area (Å²) in [6, 6.07) is 1.62. The summed E-state index contributed by atoms with van der Waals surface area (Å²) in [6.07, 6.45) is 1.69. The van der Waals surface area contributed by atoms with Crippen LogP contribution < -0.4 is 63.8 Å². The Morgan fingerprint density at radius 1 is 0.260 bits per heavy atom. The van der Waals surface area contributed by atoms with Crippen molar-refractivity contribution in [3.8, 4) is 0 Å². The largest absolute Gasteiger partial charge is 0.465 e. The summed E-state index contributed by atoms with van der Waals surface area (Å²) in [7, 11) is 6.52.